The Balaban J connectivity index is 0.00000210. The molecule has 27 heavy (non-hydrogen) atoms. The second-order valence-electron chi connectivity index (χ2n) is 6.19. The van der Waals surface area contributed by atoms with E-state index in [9.17, 15) is 0 Å². The van der Waals surface area contributed by atoms with E-state index in [0.717, 1.165) is 29.0 Å². The van der Waals surface area contributed by atoms with E-state index >= 15 is 0 Å². The van der Waals surface area contributed by atoms with E-state index in [2.05, 4.69) is 21.5 Å². The third-order valence-electron chi connectivity index (χ3n) is 4.42. The fourth-order valence-electron chi connectivity index (χ4n) is 3.07. The molecule has 2 aromatic carbocycles. The molecule has 3 N–H and O–H groups in total. The van der Waals surface area contributed by atoms with Gasteiger partial charge in [0.2, 0.25) is 0 Å². The lowest BCUT2D eigenvalue weighted by atomic mass is 10.0. The van der Waals surface area contributed by atoms with Gasteiger partial charge in [-0.15, -0.1) is 24.0 Å². The highest BCUT2D eigenvalue weighted by Crippen LogP contribution is 2.31. The first-order chi connectivity index (χ1) is 12.8. The predicted octanol–water partition coefficient (Wildman–Crippen LogP) is 3.42. The molecule has 0 aliphatic carbocycles. The van der Waals surface area contributed by atoms with Crippen LogP contribution >= 0.6 is 24.0 Å². The molecule has 0 amide bonds. The molecule has 6 nitrogen and oxygen atoms in total. The van der Waals surface area contributed by atoms with Gasteiger partial charge >= 0.3 is 0 Å². The molecule has 4 rings (SSSR count). The fraction of sp³-hybridized carbons (Fsp3) is 0.200. The Bertz CT molecular complexity index is 893. The van der Waals surface area contributed by atoms with Gasteiger partial charge in [-0.1, -0.05) is 30.3 Å². The monoisotopic (exact) mass is 475 g/mol. The van der Waals surface area contributed by atoms with E-state index in [0.29, 0.717) is 19.1 Å². The molecular weight excluding hydrogens is 453 g/mol. The Kier molecular flexibility index (Phi) is 6.33. The zero-order valence-corrected chi connectivity index (χ0v) is 17.1. The number of nitrogens with two attached hydrogens (primary N) is 1. The molecule has 7 heteroatoms. The summed E-state index contributed by atoms with van der Waals surface area (Å²) in [6.07, 6.45) is 4.55. The average Bonchev–Trinajstić information content (AvgIpc) is 3.22. The number of hydrogen-bond acceptors (Lipinski definition) is 3. The van der Waals surface area contributed by atoms with Crippen molar-refractivity contribution >= 4 is 29.9 Å². The number of halogens is 1. The number of nitrogens with zero attached hydrogens (tertiary/aromatic N) is 3. The minimum atomic E-state index is 0. The first-order valence-electron chi connectivity index (χ1n) is 8.67. The molecule has 0 fully saturated rings. The largest absolute Gasteiger partial charge is 0.493 e. The second-order valence-corrected chi connectivity index (χ2v) is 6.19. The van der Waals surface area contributed by atoms with E-state index in [4.69, 9.17) is 10.5 Å². The summed E-state index contributed by atoms with van der Waals surface area (Å²) in [6.45, 7) is 1.21. The third kappa shape index (κ3) is 4.60. The Labute approximate surface area is 175 Å². The van der Waals surface area contributed by atoms with Crippen molar-refractivity contribution < 1.29 is 4.74 Å². The van der Waals surface area contributed by atoms with Gasteiger partial charge in [0.15, 0.2) is 5.96 Å². The van der Waals surface area contributed by atoms with Crippen LogP contribution in [0.2, 0.25) is 0 Å². The van der Waals surface area contributed by atoms with E-state index in [1.807, 2.05) is 59.4 Å². The first kappa shape index (κ1) is 19.2. The molecule has 0 saturated heterocycles. The number of fused-ring (bicyclic) bond motifs is 1. The standard InChI is InChI=1S/C20H21N5O.HI/c21-20(24-18-10-13-26-19-5-2-1-4-17(18)19)22-14-15-6-8-16(9-7-15)25-12-3-11-23-25;/h1-9,11-12,18H,10,13-14H2,(H3,21,22,24);1H. The molecule has 1 unspecified atom stereocenters. The molecule has 3 aromatic rings. The number of nitrogens with one attached hydrogen (secondary N) is 1. The Hall–Kier alpha value is -2.55. The molecule has 2 heterocycles. The van der Waals surface area contributed by atoms with Crippen molar-refractivity contribution in [3.63, 3.8) is 0 Å². The summed E-state index contributed by atoms with van der Waals surface area (Å²) in [4.78, 5) is 4.47. The van der Waals surface area contributed by atoms with Gasteiger partial charge in [-0.25, -0.2) is 9.67 Å². The quantitative estimate of drug-likeness (QED) is 0.345. The van der Waals surface area contributed by atoms with Crippen LogP contribution in [0, 0.1) is 0 Å². The molecule has 1 aromatic heterocycles. The SMILES string of the molecule is I.NC(=NCc1ccc(-n2cccn2)cc1)NC1CCOc2ccccc21. The van der Waals surface area contributed by atoms with Crippen molar-refractivity contribution in [3.05, 3.63) is 78.1 Å². The first-order valence-corrected chi connectivity index (χ1v) is 8.67. The molecule has 0 spiro atoms. The summed E-state index contributed by atoms with van der Waals surface area (Å²) in [5, 5.41) is 7.54. The van der Waals surface area contributed by atoms with Crippen LogP contribution in [-0.2, 0) is 6.54 Å². The zero-order valence-electron chi connectivity index (χ0n) is 14.8. The molecule has 1 atom stereocenters. The molecule has 0 bridgehead atoms. The van der Waals surface area contributed by atoms with Crippen LogP contribution in [0.15, 0.2) is 72.0 Å². The van der Waals surface area contributed by atoms with Gasteiger partial charge < -0.3 is 15.8 Å². The maximum atomic E-state index is 6.10. The van der Waals surface area contributed by atoms with Crippen LogP contribution in [0.25, 0.3) is 5.69 Å². The number of guanidine groups is 1. The number of para-hydroxylation sites is 1. The Morgan fingerprint density at radius 2 is 2.00 bits per heavy atom. The Morgan fingerprint density at radius 1 is 1.19 bits per heavy atom. The van der Waals surface area contributed by atoms with Gasteiger partial charge in [0.25, 0.3) is 0 Å². The number of ether oxygens (including phenoxy) is 1. The molecule has 1 aliphatic heterocycles. The third-order valence-corrected chi connectivity index (χ3v) is 4.42. The topological polar surface area (TPSA) is 77.5 Å². The van der Waals surface area contributed by atoms with Crippen LogP contribution in [-0.4, -0.2) is 22.3 Å². The van der Waals surface area contributed by atoms with Crippen LogP contribution in [0.4, 0.5) is 0 Å². The number of benzene rings is 2. The number of aliphatic imine (C=N–C) groups is 1. The van der Waals surface area contributed by atoms with Gasteiger partial charge in [-0.05, 0) is 29.8 Å². The summed E-state index contributed by atoms with van der Waals surface area (Å²) < 4.78 is 7.50. The van der Waals surface area contributed by atoms with Crippen LogP contribution < -0.4 is 15.8 Å². The summed E-state index contributed by atoms with van der Waals surface area (Å²) in [7, 11) is 0. The summed E-state index contributed by atoms with van der Waals surface area (Å²) >= 11 is 0. The number of hydrogen-bond donors (Lipinski definition) is 2. The molecule has 0 radical (unpaired) electrons. The van der Waals surface area contributed by atoms with Crippen molar-refractivity contribution in [1.82, 2.24) is 15.1 Å². The lowest BCUT2D eigenvalue weighted by Gasteiger charge is -2.26. The normalized spacial score (nSPS) is 16.0. The molecule has 1 aliphatic rings. The van der Waals surface area contributed by atoms with Gasteiger partial charge in [-0.2, -0.15) is 5.10 Å². The van der Waals surface area contributed by atoms with E-state index < -0.39 is 0 Å². The van der Waals surface area contributed by atoms with Crippen molar-refractivity contribution in [2.75, 3.05) is 6.61 Å². The highest BCUT2D eigenvalue weighted by Gasteiger charge is 2.21. The second kappa shape index (κ2) is 8.90. The fourth-order valence-corrected chi connectivity index (χ4v) is 3.07. The Morgan fingerprint density at radius 3 is 2.78 bits per heavy atom. The summed E-state index contributed by atoms with van der Waals surface area (Å²) in [5.74, 6) is 1.36. The predicted molar refractivity (Wildman–Crippen MR) is 117 cm³/mol. The minimum absolute atomic E-state index is 0. The van der Waals surface area contributed by atoms with Crippen molar-refractivity contribution in [2.45, 2.75) is 19.0 Å². The van der Waals surface area contributed by atoms with Crippen LogP contribution in [0.1, 0.15) is 23.6 Å². The minimum Gasteiger partial charge on any atom is -0.493 e. The highest BCUT2D eigenvalue weighted by atomic mass is 127. The van der Waals surface area contributed by atoms with E-state index in [-0.39, 0.29) is 30.0 Å². The number of aromatic nitrogens is 2. The zero-order chi connectivity index (χ0) is 17.8. The summed E-state index contributed by atoms with van der Waals surface area (Å²) in [5.41, 5.74) is 9.34. The lowest BCUT2D eigenvalue weighted by molar-refractivity contribution is 0.262. The number of rotatable bonds is 4. The molecule has 0 saturated carbocycles. The van der Waals surface area contributed by atoms with Crippen LogP contribution in [0.3, 0.4) is 0 Å². The van der Waals surface area contributed by atoms with Crippen molar-refractivity contribution in [3.8, 4) is 11.4 Å². The van der Waals surface area contributed by atoms with E-state index in [1.165, 1.54) is 0 Å². The van der Waals surface area contributed by atoms with Gasteiger partial charge in [0, 0.05) is 24.4 Å². The van der Waals surface area contributed by atoms with Crippen molar-refractivity contribution in [2.24, 2.45) is 10.7 Å². The maximum absolute atomic E-state index is 6.10. The maximum Gasteiger partial charge on any atom is 0.189 e. The lowest BCUT2D eigenvalue weighted by Crippen LogP contribution is -2.37. The van der Waals surface area contributed by atoms with Gasteiger partial charge in [0.1, 0.15) is 5.75 Å². The average molecular weight is 475 g/mol. The smallest absolute Gasteiger partial charge is 0.189 e. The van der Waals surface area contributed by atoms with Gasteiger partial charge in [0.05, 0.1) is 24.9 Å². The van der Waals surface area contributed by atoms with Crippen molar-refractivity contribution in [1.29, 1.82) is 0 Å². The molecule has 140 valence electrons. The highest BCUT2D eigenvalue weighted by molar-refractivity contribution is 14.0. The van der Waals surface area contributed by atoms with E-state index in [1.54, 1.807) is 6.20 Å². The van der Waals surface area contributed by atoms with Crippen LogP contribution in [0.5, 0.6) is 5.75 Å². The molecular formula is C20H22IN5O. The summed E-state index contributed by atoms with van der Waals surface area (Å²) in [6, 6.07) is 18.2. The van der Waals surface area contributed by atoms with Gasteiger partial charge in [-0.3, -0.25) is 0 Å².